The van der Waals surface area contributed by atoms with E-state index in [-0.39, 0.29) is 11.6 Å². The Balaban J connectivity index is 1.50. The molecule has 4 aromatic rings. The van der Waals surface area contributed by atoms with Gasteiger partial charge in [0.2, 0.25) is 5.95 Å². The Morgan fingerprint density at radius 3 is 2.76 bits per heavy atom. The first-order chi connectivity index (χ1) is 16.6. The third-order valence-corrected chi connectivity index (χ3v) is 4.85. The van der Waals surface area contributed by atoms with Crippen molar-refractivity contribution in [2.24, 2.45) is 0 Å². The molecule has 2 N–H and O–H groups in total. The summed E-state index contributed by atoms with van der Waals surface area (Å²) in [6.45, 7) is 3.37. The number of hydrogen-bond donors (Lipinski definition) is 2. The molecule has 0 radical (unpaired) electrons. The molecule has 0 spiro atoms. The van der Waals surface area contributed by atoms with E-state index in [2.05, 4.69) is 30.7 Å². The SMILES string of the molecule is CCOCCNC(=O)c1cccc(Nc2nc3ccc(-c4cnc(OC)c(OC)c4)cn3n2)n1. The third-order valence-electron chi connectivity index (χ3n) is 4.85. The van der Waals surface area contributed by atoms with Crippen LogP contribution in [0.15, 0.2) is 48.8 Å². The van der Waals surface area contributed by atoms with Gasteiger partial charge in [-0.05, 0) is 37.3 Å². The van der Waals surface area contributed by atoms with Gasteiger partial charge in [0, 0.05) is 36.7 Å². The summed E-state index contributed by atoms with van der Waals surface area (Å²) in [6, 6.07) is 10.7. The number of fused-ring (bicyclic) bond motifs is 1. The predicted octanol–water partition coefficient (Wildman–Crippen LogP) is 2.71. The quantitative estimate of drug-likeness (QED) is 0.342. The van der Waals surface area contributed by atoms with Gasteiger partial charge in [-0.1, -0.05) is 6.07 Å². The van der Waals surface area contributed by atoms with Crippen molar-refractivity contribution in [1.82, 2.24) is 29.9 Å². The van der Waals surface area contributed by atoms with E-state index in [0.29, 0.717) is 48.8 Å². The maximum Gasteiger partial charge on any atom is 0.270 e. The molecule has 0 bridgehead atoms. The van der Waals surface area contributed by atoms with E-state index >= 15 is 0 Å². The van der Waals surface area contributed by atoms with Crippen molar-refractivity contribution < 1.29 is 19.0 Å². The second-order valence-corrected chi connectivity index (χ2v) is 7.08. The zero-order chi connectivity index (χ0) is 23.9. The molecule has 34 heavy (non-hydrogen) atoms. The molecule has 4 aromatic heterocycles. The Kier molecular flexibility index (Phi) is 7.13. The number of anilines is 2. The van der Waals surface area contributed by atoms with Crippen LogP contribution in [0.1, 0.15) is 17.4 Å². The van der Waals surface area contributed by atoms with Gasteiger partial charge in [-0.3, -0.25) is 4.79 Å². The molecule has 0 atom stereocenters. The number of carbonyl (C=O) groups is 1. The van der Waals surface area contributed by atoms with Crippen LogP contribution in [0.2, 0.25) is 0 Å². The van der Waals surface area contributed by atoms with Crippen LogP contribution in [0.3, 0.4) is 0 Å². The second kappa shape index (κ2) is 10.6. The minimum absolute atomic E-state index is 0.278. The van der Waals surface area contributed by atoms with Gasteiger partial charge >= 0.3 is 0 Å². The lowest BCUT2D eigenvalue weighted by Crippen LogP contribution is -2.28. The molecule has 0 saturated heterocycles. The van der Waals surface area contributed by atoms with Crippen molar-refractivity contribution in [3.63, 3.8) is 0 Å². The number of ether oxygens (including phenoxy) is 3. The van der Waals surface area contributed by atoms with Gasteiger partial charge in [-0.25, -0.2) is 14.5 Å². The molecule has 0 aliphatic rings. The number of aromatic nitrogens is 5. The summed E-state index contributed by atoms with van der Waals surface area (Å²) in [5.41, 5.74) is 2.65. The van der Waals surface area contributed by atoms with E-state index in [0.717, 1.165) is 11.1 Å². The first-order valence-corrected chi connectivity index (χ1v) is 10.7. The minimum atomic E-state index is -0.278. The lowest BCUT2D eigenvalue weighted by molar-refractivity contribution is 0.0918. The van der Waals surface area contributed by atoms with Gasteiger partial charge in [-0.15, -0.1) is 5.10 Å². The van der Waals surface area contributed by atoms with Crippen molar-refractivity contribution in [2.75, 3.05) is 39.3 Å². The van der Waals surface area contributed by atoms with E-state index in [1.54, 1.807) is 43.1 Å². The number of nitrogens with zero attached hydrogens (tertiary/aromatic N) is 5. The fourth-order valence-corrected chi connectivity index (χ4v) is 3.21. The van der Waals surface area contributed by atoms with Crippen LogP contribution in [0, 0.1) is 0 Å². The molecule has 4 heterocycles. The Bertz CT molecular complexity index is 1290. The molecule has 1 amide bonds. The van der Waals surface area contributed by atoms with Crippen LogP contribution >= 0.6 is 0 Å². The lowest BCUT2D eigenvalue weighted by atomic mass is 10.1. The van der Waals surface area contributed by atoms with Crippen LogP contribution < -0.4 is 20.1 Å². The molecule has 11 heteroatoms. The zero-order valence-electron chi connectivity index (χ0n) is 19.1. The number of pyridine rings is 3. The number of methoxy groups -OCH3 is 2. The summed E-state index contributed by atoms with van der Waals surface area (Å²) in [5.74, 6) is 1.48. The highest BCUT2D eigenvalue weighted by molar-refractivity contribution is 5.92. The van der Waals surface area contributed by atoms with Crippen molar-refractivity contribution in [2.45, 2.75) is 6.92 Å². The molecule has 176 valence electrons. The van der Waals surface area contributed by atoms with E-state index < -0.39 is 0 Å². The maximum absolute atomic E-state index is 12.3. The Morgan fingerprint density at radius 2 is 1.97 bits per heavy atom. The van der Waals surface area contributed by atoms with Crippen molar-refractivity contribution in [1.29, 1.82) is 0 Å². The minimum Gasteiger partial charge on any atom is -0.491 e. The normalized spacial score (nSPS) is 10.8. The second-order valence-electron chi connectivity index (χ2n) is 7.08. The Hall–Kier alpha value is -4.25. The highest BCUT2D eigenvalue weighted by atomic mass is 16.5. The number of carbonyl (C=O) groups excluding carboxylic acids is 1. The van der Waals surface area contributed by atoms with Crippen molar-refractivity contribution >= 4 is 23.3 Å². The van der Waals surface area contributed by atoms with Gasteiger partial charge in [0.15, 0.2) is 11.4 Å². The molecule has 0 aromatic carbocycles. The highest BCUT2D eigenvalue weighted by Gasteiger charge is 2.12. The topological polar surface area (TPSA) is 125 Å². The van der Waals surface area contributed by atoms with Gasteiger partial charge in [0.25, 0.3) is 11.8 Å². The van der Waals surface area contributed by atoms with Gasteiger partial charge in [0.1, 0.15) is 11.5 Å². The van der Waals surface area contributed by atoms with Crippen molar-refractivity contribution in [3.05, 3.63) is 54.5 Å². The highest BCUT2D eigenvalue weighted by Crippen LogP contribution is 2.30. The molecule has 4 rings (SSSR count). The summed E-state index contributed by atoms with van der Waals surface area (Å²) in [7, 11) is 3.11. The predicted molar refractivity (Wildman–Crippen MR) is 126 cm³/mol. The molecule has 0 aliphatic carbocycles. The van der Waals surface area contributed by atoms with Crippen LogP contribution in [0.25, 0.3) is 16.8 Å². The third kappa shape index (κ3) is 5.21. The first kappa shape index (κ1) is 22.9. The van der Waals surface area contributed by atoms with Gasteiger partial charge in [0.05, 0.1) is 20.8 Å². The molecule has 0 saturated carbocycles. The molecule has 0 aliphatic heterocycles. The maximum atomic E-state index is 12.3. The Labute approximate surface area is 196 Å². The lowest BCUT2D eigenvalue weighted by Gasteiger charge is -2.08. The van der Waals surface area contributed by atoms with Crippen molar-refractivity contribution in [3.8, 4) is 22.8 Å². The van der Waals surface area contributed by atoms with E-state index in [1.165, 1.54) is 0 Å². The first-order valence-electron chi connectivity index (χ1n) is 10.7. The smallest absolute Gasteiger partial charge is 0.270 e. The number of hydrogen-bond acceptors (Lipinski definition) is 9. The average Bonchev–Trinajstić information content (AvgIpc) is 3.27. The summed E-state index contributed by atoms with van der Waals surface area (Å²) >= 11 is 0. The van der Waals surface area contributed by atoms with Crippen LogP contribution in [-0.2, 0) is 4.74 Å². The summed E-state index contributed by atoms with van der Waals surface area (Å²) in [4.78, 5) is 25.4. The largest absolute Gasteiger partial charge is 0.491 e. The van der Waals surface area contributed by atoms with E-state index in [1.807, 2.05) is 31.3 Å². The van der Waals surface area contributed by atoms with Crippen LogP contribution in [0.4, 0.5) is 11.8 Å². The number of rotatable bonds is 10. The fourth-order valence-electron chi connectivity index (χ4n) is 3.21. The summed E-state index contributed by atoms with van der Waals surface area (Å²) < 4.78 is 17.4. The number of nitrogens with one attached hydrogen (secondary N) is 2. The molecular formula is C23H25N7O4. The van der Waals surface area contributed by atoms with Gasteiger partial charge in [-0.2, -0.15) is 4.98 Å². The zero-order valence-corrected chi connectivity index (χ0v) is 19.1. The molecular weight excluding hydrogens is 438 g/mol. The van der Waals surface area contributed by atoms with E-state index in [9.17, 15) is 4.79 Å². The summed E-state index contributed by atoms with van der Waals surface area (Å²) in [6.07, 6.45) is 3.54. The molecule has 0 unspecified atom stereocenters. The molecule has 0 fully saturated rings. The number of amides is 1. The van der Waals surface area contributed by atoms with Crippen LogP contribution in [-0.4, -0.2) is 64.5 Å². The fraction of sp³-hybridized carbons (Fsp3) is 0.261. The summed E-state index contributed by atoms with van der Waals surface area (Å²) in [5, 5.41) is 10.3. The standard InChI is InChI=1S/C23H25N7O4/c1-4-34-11-10-24-21(31)17-6-5-7-19(26-17)27-23-28-20-9-8-15(14-30(20)29-23)16-12-18(32-2)22(33-3)25-13-16/h5-9,12-14H,4,10-11H2,1-3H3,(H,24,31)(H,26,27,29). The molecule has 11 nitrogen and oxygen atoms in total. The van der Waals surface area contributed by atoms with Crippen LogP contribution in [0.5, 0.6) is 11.6 Å². The Morgan fingerprint density at radius 1 is 1.09 bits per heavy atom. The average molecular weight is 463 g/mol. The monoisotopic (exact) mass is 463 g/mol. The van der Waals surface area contributed by atoms with Gasteiger partial charge < -0.3 is 24.8 Å². The van der Waals surface area contributed by atoms with E-state index in [4.69, 9.17) is 14.2 Å².